The molecule has 0 spiro atoms. The van der Waals surface area contributed by atoms with Crippen molar-refractivity contribution in [3.05, 3.63) is 100 Å². The van der Waals surface area contributed by atoms with E-state index >= 15 is 0 Å². The maximum absolute atomic E-state index is 3.47. The Kier molecular flexibility index (Phi) is 15.3. The molecule has 0 fully saturated rings. The summed E-state index contributed by atoms with van der Waals surface area (Å²) in [6, 6.07) is 23.3. The number of anilines is 1. The van der Waals surface area contributed by atoms with Crippen LogP contribution in [0, 0.1) is 46.6 Å². The second-order valence-corrected chi connectivity index (χ2v) is 24.0. The van der Waals surface area contributed by atoms with Crippen LogP contribution in [0.1, 0.15) is 98.6 Å². The van der Waals surface area contributed by atoms with Gasteiger partial charge < -0.3 is 4.90 Å². The van der Waals surface area contributed by atoms with Crippen molar-refractivity contribution in [1.82, 2.24) is 0 Å². The van der Waals surface area contributed by atoms with E-state index in [1.165, 1.54) is 57.1 Å². The molecule has 244 valence electrons. The summed E-state index contributed by atoms with van der Waals surface area (Å²) in [5.41, 5.74) is 14.2. The third-order valence-electron chi connectivity index (χ3n) is 7.48. The van der Waals surface area contributed by atoms with Crippen LogP contribution >= 0.6 is 0 Å². The summed E-state index contributed by atoms with van der Waals surface area (Å²) in [6.07, 6.45) is 10.0. The molecular formula is C44H55NSi2. The summed E-state index contributed by atoms with van der Waals surface area (Å²) in [4.78, 5) is 2.57. The largest absolute Gasteiger partial charge is 0.371 e. The first kappa shape index (κ1) is 37.6. The van der Waals surface area contributed by atoms with Crippen molar-refractivity contribution < 1.29 is 0 Å². The highest BCUT2D eigenvalue weighted by Gasteiger charge is 2.10. The Morgan fingerprint density at radius 2 is 0.766 bits per heavy atom. The van der Waals surface area contributed by atoms with Gasteiger partial charge in [-0.2, -0.15) is 0 Å². The fraction of sp³-hybridized carbons (Fsp3) is 0.409. The zero-order valence-corrected chi connectivity index (χ0v) is 32.4. The minimum atomic E-state index is -1.41. The molecule has 0 saturated carbocycles. The van der Waals surface area contributed by atoms with Crippen LogP contribution in [0.4, 0.5) is 5.69 Å². The van der Waals surface area contributed by atoms with Gasteiger partial charge in [-0.15, -0.1) is 11.1 Å². The molecule has 0 amide bonds. The number of rotatable bonds is 11. The zero-order chi connectivity index (χ0) is 34.1. The lowest BCUT2D eigenvalue weighted by Crippen LogP contribution is -2.26. The molecule has 0 aliphatic heterocycles. The first-order chi connectivity index (χ1) is 22.4. The Bertz CT molecular complexity index is 1550. The molecular weight excluding hydrogens is 599 g/mol. The fourth-order valence-electron chi connectivity index (χ4n) is 4.85. The van der Waals surface area contributed by atoms with Crippen LogP contribution in [0.3, 0.4) is 0 Å². The maximum Gasteiger partial charge on any atom is 0.129 e. The summed E-state index contributed by atoms with van der Waals surface area (Å²) in [5.74, 6) is 20.4. The first-order valence-corrected chi connectivity index (χ1v) is 24.6. The van der Waals surface area contributed by atoms with Gasteiger partial charge in [-0.3, -0.25) is 0 Å². The highest BCUT2D eigenvalue weighted by atomic mass is 28.3. The fourth-order valence-corrected chi connectivity index (χ4v) is 5.89. The molecule has 0 unspecified atom stereocenters. The predicted octanol–water partition coefficient (Wildman–Crippen LogP) is 10.9. The van der Waals surface area contributed by atoms with Gasteiger partial charge in [0, 0.05) is 52.2 Å². The van der Waals surface area contributed by atoms with Crippen LogP contribution in [0.25, 0.3) is 0 Å². The lowest BCUT2D eigenvalue weighted by Gasteiger charge is -2.25. The summed E-state index contributed by atoms with van der Waals surface area (Å²) >= 11 is 0. The van der Waals surface area contributed by atoms with E-state index in [2.05, 4.69) is 171 Å². The minimum absolute atomic E-state index is 0.995. The molecule has 0 aromatic heterocycles. The van der Waals surface area contributed by atoms with Crippen LogP contribution < -0.4 is 4.90 Å². The molecule has 0 bridgehead atoms. The monoisotopic (exact) mass is 653 g/mol. The molecule has 3 rings (SSSR count). The van der Waals surface area contributed by atoms with Crippen LogP contribution in [0.5, 0.6) is 0 Å². The molecule has 47 heavy (non-hydrogen) atoms. The Balaban J connectivity index is 1.96. The Morgan fingerprint density at radius 1 is 0.426 bits per heavy atom. The minimum Gasteiger partial charge on any atom is -0.371 e. The van der Waals surface area contributed by atoms with E-state index in [0.717, 1.165) is 46.5 Å². The van der Waals surface area contributed by atoms with Gasteiger partial charge in [0.25, 0.3) is 0 Å². The number of hydrogen-bond acceptors (Lipinski definition) is 1. The third kappa shape index (κ3) is 15.5. The van der Waals surface area contributed by atoms with Gasteiger partial charge in [0.2, 0.25) is 0 Å². The standard InChI is InChI=1S/C44H55NSi2/c1-9-11-13-15-31-45(32-16-14-12-10-2)44-36-42(27-25-38-17-21-40(22-18-38)29-33-46(3,4)5)35-43(37-44)28-26-39-19-23-41(24-20-39)30-34-47(6,7)8/h17-24,35-37H,9-16,31-32H2,1-8H3. The Hall–Kier alpha value is -3.87. The molecule has 3 aromatic rings. The van der Waals surface area contributed by atoms with Crippen molar-refractivity contribution in [3.63, 3.8) is 0 Å². The van der Waals surface area contributed by atoms with E-state index < -0.39 is 16.1 Å². The number of benzene rings is 3. The highest BCUT2D eigenvalue weighted by Crippen LogP contribution is 2.22. The van der Waals surface area contributed by atoms with Crippen LogP contribution in [0.2, 0.25) is 39.3 Å². The lowest BCUT2D eigenvalue weighted by molar-refractivity contribution is 0.609. The van der Waals surface area contributed by atoms with Crippen molar-refractivity contribution in [2.24, 2.45) is 0 Å². The van der Waals surface area contributed by atoms with Gasteiger partial charge in [0.15, 0.2) is 0 Å². The second-order valence-electron chi connectivity index (χ2n) is 14.5. The first-order valence-electron chi connectivity index (χ1n) is 17.6. The molecule has 0 atom stereocenters. The average Bonchev–Trinajstić information content (AvgIpc) is 3.04. The van der Waals surface area contributed by atoms with Gasteiger partial charge in [-0.1, -0.05) is 127 Å². The topological polar surface area (TPSA) is 3.24 Å². The highest BCUT2D eigenvalue weighted by molar-refractivity contribution is 6.84. The van der Waals surface area contributed by atoms with Crippen molar-refractivity contribution >= 4 is 21.8 Å². The SMILES string of the molecule is CCCCCCN(CCCCCC)c1cc(C#Cc2ccc(C#C[Si](C)(C)C)cc2)cc(C#Cc2ccc(C#C[Si](C)(C)C)cc2)c1. The zero-order valence-electron chi connectivity index (χ0n) is 30.4. The molecule has 0 heterocycles. The summed E-state index contributed by atoms with van der Waals surface area (Å²) < 4.78 is 0. The number of hydrogen-bond donors (Lipinski definition) is 0. The third-order valence-corrected chi connectivity index (χ3v) is 9.23. The molecule has 0 saturated heterocycles. The van der Waals surface area contributed by atoms with E-state index in [1.54, 1.807) is 0 Å². The van der Waals surface area contributed by atoms with Crippen molar-refractivity contribution in [3.8, 4) is 46.6 Å². The lowest BCUT2D eigenvalue weighted by atomic mass is 10.1. The number of unbranched alkanes of at least 4 members (excludes halogenated alkanes) is 6. The maximum atomic E-state index is 3.47. The average molecular weight is 654 g/mol. The summed E-state index contributed by atoms with van der Waals surface area (Å²) in [5, 5.41) is 0. The van der Waals surface area contributed by atoms with Crippen LogP contribution in [-0.4, -0.2) is 29.2 Å². The quantitative estimate of drug-likeness (QED) is 0.113. The molecule has 3 heteroatoms. The van der Waals surface area contributed by atoms with E-state index in [9.17, 15) is 0 Å². The van der Waals surface area contributed by atoms with E-state index in [0.29, 0.717) is 0 Å². The van der Waals surface area contributed by atoms with E-state index in [-0.39, 0.29) is 0 Å². The summed E-state index contributed by atoms with van der Waals surface area (Å²) in [7, 11) is -2.82. The molecule has 0 aliphatic carbocycles. The second kappa shape index (κ2) is 19.1. The van der Waals surface area contributed by atoms with Crippen molar-refractivity contribution in [2.75, 3.05) is 18.0 Å². The van der Waals surface area contributed by atoms with Crippen molar-refractivity contribution in [2.45, 2.75) is 104 Å². The van der Waals surface area contributed by atoms with Gasteiger partial charge in [0.05, 0.1) is 0 Å². The Morgan fingerprint density at radius 3 is 1.11 bits per heavy atom. The van der Waals surface area contributed by atoms with Gasteiger partial charge >= 0.3 is 0 Å². The van der Waals surface area contributed by atoms with E-state index in [1.807, 2.05) is 0 Å². The predicted molar refractivity (Wildman–Crippen MR) is 212 cm³/mol. The molecule has 0 N–H and O–H groups in total. The van der Waals surface area contributed by atoms with Crippen LogP contribution in [-0.2, 0) is 0 Å². The summed E-state index contributed by atoms with van der Waals surface area (Å²) in [6.45, 7) is 20.3. The molecule has 3 aromatic carbocycles. The van der Waals surface area contributed by atoms with Gasteiger partial charge in [-0.05, 0) is 79.6 Å². The number of nitrogens with zero attached hydrogens (tertiary/aromatic N) is 1. The van der Waals surface area contributed by atoms with E-state index in [4.69, 9.17) is 0 Å². The molecule has 0 radical (unpaired) electrons. The van der Waals surface area contributed by atoms with Crippen molar-refractivity contribution in [1.29, 1.82) is 0 Å². The smallest absolute Gasteiger partial charge is 0.129 e. The van der Waals surface area contributed by atoms with Crippen LogP contribution in [0.15, 0.2) is 66.7 Å². The normalized spacial score (nSPS) is 10.7. The van der Waals surface area contributed by atoms with Gasteiger partial charge in [0.1, 0.15) is 16.1 Å². The Labute approximate surface area is 290 Å². The molecule has 0 aliphatic rings. The molecule has 1 nitrogen and oxygen atoms in total. The van der Waals surface area contributed by atoms with Gasteiger partial charge in [-0.25, -0.2) is 0 Å².